The van der Waals surface area contributed by atoms with Gasteiger partial charge in [0.05, 0.1) is 25.4 Å². The number of nitrogens with zero attached hydrogens (tertiary/aromatic N) is 4. The van der Waals surface area contributed by atoms with Crippen LogP contribution in [0.25, 0.3) is 27.7 Å². The first-order valence-corrected chi connectivity index (χ1v) is 11.2. The number of benzene rings is 2. The van der Waals surface area contributed by atoms with Gasteiger partial charge >= 0.3 is 0 Å². The van der Waals surface area contributed by atoms with Crippen molar-refractivity contribution in [2.24, 2.45) is 0 Å². The second-order valence-electron chi connectivity index (χ2n) is 8.36. The highest BCUT2D eigenvalue weighted by Crippen LogP contribution is 2.30. The Morgan fingerprint density at radius 3 is 2.64 bits per heavy atom. The molecule has 7 nitrogen and oxygen atoms in total. The maximum absolute atomic E-state index is 13.0. The lowest BCUT2D eigenvalue weighted by atomic mass is 10.0. The fourth-order valence-corrected chi connectivity index (χ4v) is 4.52. The van der Waals surface area contributed by atoms with E-state index in [1.165, 1.54) is 25.9 Å². The Balaban J connectivity index is 1.42. The molecule has 0 amide bonds. The van der Waals surface area contributed by atoms with E-state index in [1.54, 1.807) is 42.1 Å². The van der Waals surface area contributed by atoms with Crippen molar-refractivity contribution in [2.45, 2.75) is 19.4 Å². The van der Waals surface area contributed by atoms with Crippen LogP contribution in [-0.4, -0.2) is 52.3 Å². The largest absolute Gasteiger partial charge is 0.496 e. The highest BCUT2D eigenvalue weighted by Gasteiger charge is 2.13. The normalized spacial score (nSPS) is 14.1. The Morgan fingerprint density at radius 1 is 1.03 bits per heavy atom. The van der Waals surface area contributed by atoms with Crippen LogP contribution in [0.2, 0.25) is 0 Å². The number of carbonyl (C=O) groups excluding carboxylic acids is 1. The molecular weight excluding hydrogens is 416 g/mol. The molecule has 2 aromatic carbocycles. The van der Waals surface area contributed by atoms with Crippen molar-refractivity contribution in [3.8, 4) is 22.6 Å². The molecule has 0 spiro atoms. The summed E-state index contributed by atoms with van der Waals surface area (Å²) in [6.07, 6.45) is 6.97. The molecule has 2 aromatic heterocycles. The van der Waals surface area contributed by atoms with E-state index in [-0.39, 0.29) is 5.56 Å². The van der Waals surface area contributed by atoms with Gasteiger partial charge in [0.2, 0.25) is 0 Å². The molecule has 1 aliphatic rings. The Hall–Kier alpha value is -3.71. The molecule has 168 valence electrons. The smallest absolute Gasteiger partial charge is 0.255 e. The lowest BCUT2D eigenvalue weighted by Gasteiger charge is -2.14. The number of fused-ring (bicyclic) bond motifs is 1. The lowest BCUT2D eigenvalue weighted by Crippen LogP contribution is -2.24. The van der Waals surface area contributed by atoms with Gasteiger partial charge in [-0.25, -0.2) is 0 Å². The molecule has 1 fully saturated rings. The SMILES string of the molecule is COc1cc(C=O)ccc1-c1ccn(-c2ccc3c(cnn3CCN3CCCC3)c2)c(=O)c1. The number of ether oxygens (including phenoxy) is 1. The van der Waals surface area contributed by atoms with Crippen molar-refractivity contribution in [3.05, 3.63) is 76.8 Å². The summed E-state index contributed by atoms with van der Waals surface area (Å²) in [5.74, 6) is 0.555. The van der Waals surface area contributed by atoms with Crippen LogP contribution in [0, 0.1) is 0 Å². The minimum absolute atomic E-state index is 0.144. The molecule has 0 radical (unpaired) electrons. The summed E-state index contributed by atoms with van der Waals surface area (Å²) in [6.45, 7) is 4.23. The summed E-state index contributed by atoms with van der Waals surface area (Å²) in [7, 11) is 1.55. The second-order valence-corrected chi connectivity index (χ2v) is 8.36. The van der Waals surface area contributed by atoms with Crippen LogP contribution in [0.5, 0.6) is 5.75 Å². The highest BCUT2D eigenvalue weighted by molar-refractivity contribution is 5.81. The number of aromatic nitrogens is 3. The first-order valence-electron chi connectivity index (χ1n) is 11.2. The molecular formula is C26H26N4O3. The molecule has 0 saturated carbocycles. The maximum Gasteiger partial charge on any atom is 0.255 e. The number of methoxy groups -OCH3 is 1. The average molecular weight is 443 g/mol. The van der Waals surface area contributed by atoms with E-state index in [0.29, 0.717) is 11.3 Å². The van der Waals surface area contributed by atoms with Crippen molar-refractivity contribution in [1.29, 1.82) is 0 Å². The third-order valence-electron chi connectivity index (χ3n) is 6.32. The van der Waals surface area contributed by atoms with Crippen LogP contribution in [0.15, 0.2) is 65.7 Å². The monoisotopic (exact) mass is 442 g/mol. The van der Waals surface area contributed by atoms with Gasteiger partial charge in [0.15, 0.2) is 0 Å². The zero-order valence-corrected chi connectivity index (χ0v) is 18.6. The number of pyridine rings is 1. The Kier molecular flexibility index (Phi) is 5.79. The van der Waals surface area contributed by atoms with E-state index < -0.39 is 0 Å². The molecule has 0 bridgehead atoms. The predicted octanol–water partition coefficient (Wildman–Crippen LogP) is 3.77. The van der Waals surface area contributed by atoms with Crippen molar-refractivity contribution in [1.82, 2.24) is 19.2 Å². The zero-order chi connectivity index (χ0) is 22.8. The highest BCUT2D eigenvalue weighted by atomic mass is 16.5. The summed E-state index contributed by atoms with van der Waals surface area (Å²) < 4.78 is 9.08. The average Bonchev–Trinajstić information content (AvgIpc) is 3.51. The third kappa shape index (κ3) is 4.19. The summed E-state index contributed by atoms with van der Waals surface area (Å²) in [6, 6.07) is 14.6. The summed E-state index contributed by atoms with van der Waals surface area (Å²) in [4.78, 5) is 26.5. The molecule has 0 N–H and O–H groups in total. The standard InChI is InChI=1S/C26H26N4O3/c1-33-25-14-19(18-31)4-6-23(25)20-8-11-29(26(32)16-20)22-5-7-24-21(15-22)17-27-30(24)13-12-28-9-2-3-10-28/h4-8,11,14-18H,2-3,9-10,12-13H2,1H3. The van der Waals surface area contributed by atoms with Crippen molar-refractivity contribution in [2.75, 3.05) is 26.7 Å². The lowest BCUT2D eigenvalue weighted by molar-refractivity contribution is 0.112. The van der Waals surface area contributed by atoms with Crippen LogP contribution < -0.4 is 10.3 Å². The van der Waals surface area contributed by atoms with Gasteiger partial charge in [0, 0.05) is 41.0 Å². The molecule has 7 heteroatoms. The molecule has 0 unspecified atom stereocenters. The zero-order valence-electron chi connectivity index (χ0n) is 18.6. The summed E-state index contributed by atoms with van der Waals surface area (Å²) in [5.41, 5.74) is 3.75. The maximum atomic E-state index is 13.0. The third-order valence-corrected chi connectivity index (χ3v) is 6.32. The number of carbonyl (C=O) groups is 1. The Morgan fingerprint density at radius 2 is 1.88 bits per heavy atom. The number of rotatable bonds is 7. The van der Waals surface area contributed by atoms with Crippen molar-refractivity contribution in [3.63, 3.8) is 0 Å². The van der Waals surface area contributed by atoms with E-state index >= 15 is 0 Å². The number of aldehydes is 1. The quantitative estimate of drug-likeness (QED) is 0.408. The molecule has 0 aliphatic carbocycles. The topological polar surface area (TPSA) is 69.4 Å². The first kappa shape index (κ1) is 21.2. The van der Waals surface area contributed by atoms with Crippen molar-refractivity contribution < 1.29 is 9.53 Å². The van der Waals surface area contributed by atoms with Gasteiger partial charge in [0.25, 0.3) is 5.56 Å². The Bertz CT molecular complexity index is 1370. The summed E-state index contributed by atoms with van der Waals surface area (Å²) in [5, 5.41) is 5.57. The van der Waals surface area contributed by atoms with Gasteiger partial charge < -0.3 is 9.64 Å². The molecule has 0 atom stereocenters. The summed E-state index contributed by atoms with van der Waals surface area (Å²) >= 11 is 0. The molecule has 5 rings (SSSR count). The van der Waals surface area contributed by atoms with Gasteiger partial charge in [-0.3, -0.25) is 18.8 Å². The van der Waals surface area contributed by atoms with Crippen LogP contribution >= 0.6 is 0 Å². The van der Waals surface area contributed by atoms with Gasteiger partial charge in [-0.1, -0.05) is 6.07 Å². The predicted molar refractivity (Wildman–Crippen MR) is 128 cm³/mol. The van der Waals surface area contributed by atoms with Crippen LogP contribution in [0.3, 0.4) is 0 Å². The van der Waals surface area contributed by atoms with E-state index in [4.69, 9.17) is 4.74 Å². The number of hydrogen-bond donors (Lipinski definition) is 0. The molecule has 1 aliphatic heterocycles. The molecule has 1 saturated heterocycles. The number of likely N-dealkylation sites (tertiary alicyclic amines) is 1. The Labute approximate surface area is 191 Å². The van der Waals surface area contributed by atoms with Crippen molar-refractivity contribution >= 4 is 17.2 Å². The van der Waals surface area contributed by atoms with E-state index in [9.17, 15) is 9.59 Å². The van der Waals surface area contributed by atoms with Gasteiger partial charge in [0.1, 0.15) is 12.0 Å². The van der Waals surface area contributed by atoms with Gasteiger partial charge in [-0.15, -0.1) is 0 Å². The molecule has 4 aromatic rings. The minimum Gasteiger partial charge on any atom is -0.496 e. The minimum atomic E-state index is -0.144. The first-order chi connectivity index (χ1) is 16.2. The number of hydrogen-bond acceptors (Lipinski definition) is 5. The van der Waals surface area contributed by atoms with Gasteiger partial charge in [-0.2, -0.15) is 5.10 Å². The van der Waals surface area contributed by atoms with E-state index in [0.717, 1.165) is 47.1 Å². The van der Waals surface area contributed by atoms with E-state index in [1.807, 2.05) is 35.1 Å². The fraction of sp³-hybridized carbons (Fsp3) is 0.269. The van der Waals surface area contributed by atoms with Gasteiger partial charge in [-0.05, 0) is 67.9 Å². The fourth-order valence-electron chi connectivity index (χ4n) is 4.52. The molecule has 33 heavy (non-hydrogen) atoms. The van der Waals surface area contributed by atoms with Crippen LogP contribution in [0.4, 0.5) is 0 Å². The molecule has 3 heterocycles. The van der Waals surface area contributed by atoms with Crippen LogP contribution in [0.1, 0.15) is 23.2 Å². The van der Waals surface area contributed by atoms with Crippen LogP contribution in [-0.2, 0) is 6.54 Å². The van der Waals surface area contributed by atoms with E-state index in [2.05, 4.69) is 10.00 Å². The second kappa shape index (κ2) is 9.03.